The van der Waals surface area contributed by atoms with Crippen LogP contribution in [0.15, 0.2) is 42.5 Å². The van der Waals surface area contributed by atoms with E-state index in [1.807, 2.05) is 30.3 Å². The van der Waals surface area contributed by atoms with Gasteiger partial charge in [-0.05, 0) is 29.2 Å². The van der Waals surface area contributed by atoms with Crippen LogP contribution in [0.4, 0.5) is 0 Å². The summed E-state index contributed by atoms with van der Waals surface area (Å²) in [5.41, 5.74) is 0.940. The molecule has 20 heavy (non-hydrogen) atoms. The molecule has 0 bridgehead atoms. The fourth-order valence-corrected chi connectivity index (χ4v) is 2.70. The monoisotopic (exact) mass is 272 g/mol. The number of benzene rings is 2. The zero-order valence-corrected chi connectivity index (χ0v) is 11.5. The Morgan fingerprint density at radius 1 is 1.10 bits per heavy atom. The van der Waals surface area contributed by atoms with Crippen LogP contribution in [-0.4, -0.2) is 31.0 Å². The molecular formula is C17H20O3. The second kappa shape index (κ2) is 6.35. The number of rotatable bonds is 4. The molecule has 3 nitrogen and oxygen atoms in total. The lowest BCUT2D eigenvalue weighted by molar-refractivity contribution is -0.0595. The Morgan fingerprint density at radius 3 is 2.70 bits per heavy atom. The maximum Gasteiger partial charge on any atom is 0.103 e. The van der Waals surface area contributed by atoms with Crippen molar-refractivity contribution in [2.75, 3.05) is 19.8 Å². The molecule has 0 saturated carbocycles. The van der Waals surface area contributed by atoms with Gasteiger partial charge in [-0.2, -0.15) is 0 Å². The Balaban J connectivity index is 1.70. The predicted molar refractivity (Wildman–Crippen MR) is 78.7 cm³/mol. The first kappa shape index (κ1) is 13.6. The number of ether oxygens (including phenoxy) is 2. The molecule has 3 heteroatoms. The van der Waals surface area contributed by atoms with Gasteiger partial charge in [0, 0.05) is 13.2 Å². The minimum atomic E-state index is -0.580. The van der Waals surface area contributed by atoms with E-state index in [0.29, 0.717) is 6.61 Å². The average Bonchev–Trinajstić information content (AvgIpc) is 2.53. The summed E-state index contributed by atoms with van der Waals surface area (Å²) in [6.45, 7) is 1.86. The lowest BCUT2D eigenvalue weighted by Crippen LogP contribution is -2.25. The zero-order valence-electron chi connectivity index (χ0n) is 11.5. The molecule has 1 fully saturated rings. The molecule has 1 aliphatic rings. The summed E-state index contributed by atoms with van der Waals surface area (Å²) in [4.78, 5) is 0. The fourth-order valence-electron chi connectivity index (χ4n) is 2.70. The highest BCUT2D eigenvalue weighted by molar-refractivity contribution is 5.85. The Bertz CT molecular complexity index is 556. The van der Waals surface area contributed by atoms with Gasteiger partial charge in [-0.1, -0.05) is 42.5 Å². The van der Waals surface area contributed by atoms with Crippen LogP contribution in [0.5, 0.6) is 0 Å². The topological polar surface area (TPSA) is 38.7 Å². The number of fused-ring (bicyclic) bond motifs is 1. The van der Waals surface area contributed by atoms with Gasteiger partial charge in [-0.25, -0.2) is 0 Å². The standard InChI is InChI=1S/C17H20O3/c18-17(12-20-14-8-10-19-11-9-14)16-7-3-5-13-4-1-2-6-15(13)16/h1-7,14,17-18H,8-12H2. The van der Waals surface area contributed by atoms with Crippen LogP contribution >= 0.6 is 0 Å². The van der Waals surface area contributed by atoms with Gasteiger partial charge in [-0.15, -0.1) is 0 Å². The summed E-state index contributed by atoms with van der Waals surface area (Å²) in [7, 11) is 0. The van der Waals surface area contributed by atoms with Crippen LogP contribution in [-0.2, 0) is 9.47 Å². The van der Waals surface area contributed by atoms with Crippen LogP contribution in [0.2, 0.25) is 0 Å². The molecule has 0 amide bonds. The van der Waals surface area contributed by atoms with Crippen LogP contribution in [0, 0.1) is 0 Å². The van der Waals surface area contributed by atoms with Crippen molar-refractivity contribution in [3.8, 4) is 0 Å². The second-order valence-corrected chi connectivity index (χ2v) is 5.23. The number of aliphatic hydroxyl groups excluding tert-OH is 1. The van der Waals surface area contributed by atoms with E-state index >= 15 is 0 Å². The molecule has 1 unspecified atom stereocenters. The van der Waals surface area contributed by atoms with Gasteiger partial charge in [0.15, 0.2) is 0 Å². The summed E-state index contributed by atoms with van der Waals surface area (Å²) >= 11 is 0. The minimum absolute atomic E-state index is 0.216. The summed E-state index contributed by atoms with van der Waals surface area (Å²) < 4.78 is 11.1. The van der Waals surface area contributed by atoms with Crippen molar-refractivity contribution >= 4 is 10.8 Å². The molecule has 1 aliphatic heterocycles. The molecule has 1 heterocycles. The first-order valence-electron chi connectivity index (χ1n) is 7.19. The van der Waals surface area contributed by atoms with E-state index in [1.54, 1.807) is 0 Å². The third kappa shape index (κ3) is 3.01. The van der Waals surface area contributed by atoms with Crippen molar-refractivity contribution in [2.24, 2.45) is 0 Å². The van der Waals surface area contributed by atoms with Crippen LogP contribution in [0.3, 0.4) is 0 Å². The van der Waals surface area contributed by atoms with Crippen LogP contribution in [0.25, 0.3) is 10.8 Å². The lowest BCUT2D eigenvalue weighted by atomic mass is 10.0. The van der Waals surface area contributed by atoms with Crippen molar-refractivity contribution in [1.82, 2.24) is 0 Å². The minimum Gasteiger partial charge on any atom is -0.386 e. The maximum atomic E-state index is 10.4. The smallest absolute Gasteiger partial charge is 0.103 e. The summed E-state index contributed by atoms with van der Waals surface area (Å²) in [6.07, 6.45) is 1.47. The number of hydrogen-bond donors (Lipinski definition) is 1. The van der Waals surface area contributed by atoms with Crippen molar-refractivity contribution in [3.05, 3.63) is 48.0 Å². The van der Waals surface area contributed by atoms with E-state index in [9.17, 15) is 5.11 Å². The predicted octanol–water partition coefficient (Wildman–Crippen LogP) is 3.07. The van der Waals surface area contributed by atoms with E-state index in [2.05, 4.69) is 12.1 Å². The Labute approximate surface area is 119 Å². The molecule has 0 aromatic heterocycles. The van der Waals surface area contributed by atoms with Crippen molar-refractivity contribution in [3.63, 3.8) is 0 Å². The van der Waals surface area contributed by atoms with Gasteiger partial charge in [-0.3, -0.25) is 0 Å². The van der Waals surface area contributed by atoms with Gasteiger partial charge in [0.25, 0.3) is 0 Å². The van der Waals surface area contributed by atoms with E-state index < -0.39 is 6.10 Å². The van der Waals surface area contributed by atoms with Gasteiger partial charge in [0.05, 0.1) is 12.7 Å². The zero-order chi connectivity index (χ0) is 13.8. The Kier molecular flexibility index (Phi) is 4.31. The van der Waals surface area contributed by atoms with E-state index in [-0.39, 0.29) is 6.10 Å². The van der Waals surface area contributed by atoms with Gasteiger partial charge in [0.2, 0.25) is 0 Å². The quantitative estimate of drug-likeness (QED) is 0.929. The SMILES string of the molecule is OC(COC1CCOCC1)c1cccc2ccccc12. The summed E-state index contributed by atoms with van der Waals surface area (Å²) in [6, 6.07) is 14.1. The molecule has 1 N–H and O–H groups in total. The van der Waals surface area contributed by atoms with Crippen molar-refractivity contribution in [2.45, 2.75) is 25.0 Å². The van der Waals surface area contributed by atoms with Crippen molar-refractivity contribution < 1.29 is 14.6 Å². The average molecular weight is 272 g/mol. The molecule has 2 aromatic rings. The molecule has 0 radical (unpaired) electrons. The molecule has 1 atom stereocenters. The molecule has 0 aliphatic carbocycles. The highest BCUT2D eigenvalue weighted by Gasteiger charge is 2.17. The third-order valence-electron chi connectivity index (χ3n) is 3.84. The lowest BCUT2D eigenvalue weighted by Gasteiger charge is -2.24. The second-order valence-electron chi connectivity index (χ2n) is 5.23. The first-order valence-corrected chi connectivity index (χ1v) is 7.19. The molecule has 0 spiro atoms. The largest absolute Gasteiger partial charge is 0.386 e. The Morgan fingerprint density at radius 2 is 1.85 bits per heavy atom. The van der Waals surface area contributed by atoms with E-state index in [1.165, 1.54) is 0 Å². The van der Waals surface area contributed by atoms with Crippen LogP contribution in [0.1, 0.15) is 24.5 Å². The molecule has 1 saturated heterocycles. The van der Waals surface area contributed by atoms with Crippen molar-refractivity contribution in [1.29, 1.82) is 0 Å². The van der Waals surface area contributed by atoms with Gasteiger partial charge < -0.3 is 14.6 Å². The first-order chi connectivity index (χ1) is 9.84. The molecule has 3 rings (SSSR count). The van der Waals surface area contributed by atoms with Crippen LogP contribution < -0.4 is 0 Å². The molecular weight excluding hydrogens is 252 g/mol. The highest BCUT2D eigenvalue weighted by atomic mass is 16.5. The van der Waals surface area contributed by atoms with Gasteiger partial charge >= 0.3 is 0 Å². The number of aliphatic hydroxyl groups is 1. The normalized spacial score (nSPS) is 18.2. The van der Waals surface area contributed by atoms with E-state index in [0.717, 1.165) is 42.4 Å². The summed E-state index contributed by atoms with van der Waals surface area (Å²) in [5, 5.41) is 12.6. The third-order valence-corrected chi connectivity index (χ3v) is 3.84. The van der Waals surface area contributed by atoms with Gasteiger partial charge in [0.1, 0.15) is 6.10 Å². The summed E-state index contributed by atoms with van der Waals surface area (Å²) in [5.74, 6) is 0. The molecule has 2 aromatic carbocycles. The molecule has 106 valence electrons. The van der Waals surface area contributed by atoms with E-state index in [4.69, 9.17) is 9.47 Å². The number of hydrogen-bond acceptors (Lipinski definition) is 3. The maximum absolute atomic E-state index is 10.4. The highest BCUT2D eigenvalue weighted by Crippen LogP contribution is 2.25. The Hall–Kier alpha value is -1.42. The fraction of sp³-hybridized carbons (Fsp3) is 0.412.